The molecule has 0 bridgehead atoms. The summed E-state index contributed by atoms with van der Waals surface area (Å²) in [4.78, 5) is 0. The molecule has 0 spiro atoms. The number of ether oxygens (including phenoxy) is 8. The zero-order valence-electron chi connectivity index (χ0n) is 34.2. The summed E-state index contributed by atoms with van der Waals surface area (Å²) < 4.78 is 47.8. The van der Waals surface area contributed by atoms with Crippen molar-refractivity contribution in [3.8, 4) is 0 Å². The Morgan fingerprint density at radius 2 is 0.750 bits per heavy atom. The van der Waals surface area contributed by atoms with E-state index in [2.05, 4.69) is 41.5 Å². The first-order valence-corrected chi connectivity index (χ1v) is 22.1. The number of rotatable bonds is 21. The van der Waals surface area contributed by atoms with Crippen molar-refractivity contribution in [2.45, 2.75) is 206 Å². The summed E-state index contributed by atoms with van der Waals surface area (Å²) in [6.07, 6.45) is 23.7. The summed E-state index contributed by atoms with van der Waals surface area (Å²) in [6, 6.07) is 0. The Hall–Kier alpha value is -0.320. The first-order valence-electron chi connectivity index (χ1n) is 22.1. The Morgan fingerprint density at radius 1 is 0.462 bits per heavy atom. The van der Waals surface area contributed by atoms with E-state index in [1.54, 1.807) is 0 Å². The van der Waals surface area contributed by atoms with Crippen LogP contribution in [-0.2, 0) is 37.9 Å². The monoisotopic (exact) mass is 735 g/mol. The van der Waals surface area contributed by atoms with E-state index < -0.39 is 0 Å². The third kappa shape index (κ3) is 12.6. The lowest BCUT2D eigenvalue weighted by Crippen LogP contribution is -2.39. The van der Waals surface area contributed by atoms with Gasteiger partial charge in [-0.25, -0.2) is 0 Å². The lowest BCUT2D eigenvalue weighted by molar-refractivity contribution is -0.178. The highest BCUT2D eigenvalue weighted by atomic mass is 16.7. The minimum atomic E-state index is -0.148. The molecule has 6 fully saturated rings. The molecule has 8 heteroatoms. The van der Waals surface area contributed by atoms with E-state index in [9.17, 15) is 0 Å². The fraction of sp³-hybridized carbons (Fsp3) is 1.00. The second-order valence-corrected chi connectivity index (χ2v) is 19.0. The van der Waals surface area contributed by atoms with Gasteiger partial charge < -0.3 is 37.9 Å². The average molecular weight is 735 g/mol. The van der Waals surface area contributed by atoms with E-state index in [0.717, 1.165) is 88.6 Å². The summed E-state index contributed by atoms with van der Waals surface area (Å²) >= 11 is 0. The fourth-order valence-corrected chi connectivity index (χ4v) is 10.6. The molecule has 52 heavy (non-hydrogen) atoms. The standard InChI is InChI=1S/C44H78O8/c1-31(51-39-21-13-35(14-22-39)43(3,4)33-9-17-37(18-10-33)47-27-41-29-49-41)45-25-7-8-26-46-32(2)52-40-23-15-36(16-24-40)44(5,6)34-11-19-38(20-12-34)48-28-42-30-50-42/h31-42H,7-30H2,1-6H3. The molecular weight excluding hydrogens is 656 g/mol. The molecule has 0 aromatic rings. The predicted octanol–water partition coefficient (Wildman–Crippen LogP) is 9.64. The first kappa shape index (κ1) is 41.3. The van der Waals surface area contributed by atoms with Crippen LogP contribution in [0.5, 0.6) is 0 Å². The van der Waals surface area contributed by atoms with Gasteiger partial charge in [-0.1, -0.05) is 27.7 Å². The molecule has 2 aliphatic heterocycles. The highest BCUT2D eigenvalue weighted by molar-refractivity contribution is 4.93. The Bertz CT molecular complexity index is 916. The van der Waals surface area contributed by atoms with Crippen LogP contribution in [0, 0.1) is 34.5 Å². The molecule has 6 aliphatic rings. The second-order valence-electron chi connectivity index (χ2n) is 19.0. The third-order valence-corrected chi connectivity index (χ3v) is 14.8. The molecule has 0 aromatic heterocycles. The van der Waals surface area contributed by atoms with Crippen molar-refractivity contribution in [3.63, 3.8) is 0 Å². The molecular formula is C44H78O8. The van der Waals surface area contributed by atoms with Gasteiger partial charge in [0, 0.05) is 13.2 Å². The van der Waals surface area contributed by atoms with E-state index in [1.165, 1.54) is 77.0 Å². The van der Waals surface area contributed by atoms with Crippen LogP contribution < -0.4 is 0 Å². The molecule has 2 saturated heterocycles. The van der Waals surface area contributed by atoms with Crippen molar-refractivity contribution in [1.82, 2.24) is 0 Å². The summed E-state index contributed by atoms with van der Waals surface area (Å²) in [5, 5.41) is 0. The minimum absolute atomic E-state index is 0.148. The number of epoxide rings is 2. The van der Waals surface area contributed by atoms with Crippen LogP contribution in [-0.4, -0.2) is 88.8 Å². The molecule has 0 N–H and O–H groups in total. The molecule has 0 aromatic carbocycles. The summed E-state index contributed by atoms with van der Waals surface area (Å²) in [7, 11) is 0. The summed E-state index contributed by atoms with van der Waals surface area (Å²) in [5.74, 6) is 3.18. The molecule has 0 amide bonds. The fourth-order valence-electron chi connectivity index (χ4n) is 10.6. The SMILES string of the molecule is CC(OCCCCOC(C)OC1CCC(C(C)(C)C2CCC(OCC3CO3)CC2)CC1)OC1CCC(C(C)(C)C2CCC(OCC3CO3)CC2)CC1. The molecule has 6 rings (SSSR count). The van der Waals surface area contributed by atoms with Crippen LogP contribution in [0.4, 0.5) is 0 Å². The van der Waals surface area contributed by atoms with Crippen LogP contribution in [0.2, 0.25) is 0 Å². The Morgan fingerprint density at radius 3 is 1.04 bits per heavy atom. The average Bonchev–Trinajstić information content (AvgIpc) is 4.09. The molecule has 4 atom stereocenters. The van der Waals surface area contributed by atoms with Crippen LogP contribution in [0.3, 0.4) is 0 Å². The van der Waals surface area contributed by atoms with E-state index in [-0.39, 0.29) is 12.6 Å². The van der Waals surface area contributed by atoms with Gasteiger partial charge >= 0.3 is 0 Å². The van der Waals surface area contributed by atoms with Crippen LogP contribution in [0.25, 0.3) is 0 Å². The predicted molar refractivity (Wildman–Crippen MR) is 204 cm³/mol. The molecule has 302 valence electrons. The normalized spacial score (nSPS) is 37.0. The van der Waals surface area contributed by atoms with Crippen molar-refractivity contribution in [3.05, 3.63) is 0 Å². The van der Waals surface area contributed by atoms with Crippen molar-refractivity contribution in [1.29, 1.82) is 0 Å². The Balaban J connectivity index is 0.756. The van der Waals surface area contributed by atoms with E-state index in [1.807, 2.05) is 0 Å². The van der Waals surface area contributed by atoms with Crippen molar-refractivity contribution < 1.29 is 37.9 Å². The van der Waals surface area contributed by atoms with Crippen LogP contribution in [0.15, 0.2) is 0 Å². The van der Waals surface area contributed by atoms with Crippen LogP contribution >= 0.6 is 0 Å². The van der Waals surface area contributed by atoms with Gasteiger partial charge in [-0.2, -0.15) is 0 Å². The van der Waals surface area contributed by atoms with Gasteiger partial charge in [0.05, 0.1) is 50.8 Å². The van der Waals surface area contributed by atoms with E-state index in [0.29, 0.717) is 60.7 Å². The number of hydrogen-bond acceptors (Lipinski definition) is 8. The Labute approximate surface area is 317 Å². The lowest BCUT2D eigenvalue weighted by atomic mass is 9.60. The maximum Gasteiger partial charge on any atom is 0.155 e. The van der Waals surface area contributed by atoms with Crippen molar-refractivity contribution >= 4 is 0 Å². The van der Waals surface area contributed by atoms with Gasteiger partial charge in [-0.3, -0.25) is 0 Å². The zero-order chi connectivity index (χ0) is 36.6. The van der Waals surface area contributed by atoms with Crippen molar-refractivity contribution in [2.24, 2.45) is 34.5 Å². The zero-order valence-corrected chi connectivity index (χ0v) is 34.2. The van der Waals surface area contributed by atoms with Gasteiger partial charge in [-0.15, -0.1) is 0 Å². The smallest absolute Gasteiger partial charge is 0.155 e. The molecule has 0 radical (unpaired) electrons. The third-order valence-electron chi connectivity index (χ3n) is 14.8. The maximum atomic E-state index is 6.37. The molecule has 4 aliphatic carbocycles. The second kappa shape index (κ2) is 19.7. The summed E-state index contributed by atoms with van der Waals surface area (Å²) in [6.45, 7) is 19.1. The molecule has 8 nitrogen and oxygen atoms in total. The van der Waals surface area contributed by atoms with Crippen LogP contribution in [0.1, 0.15) is 157 Å². The van der Waals surface area contributed by atoms with Gasteiger partial charge in [0.15, 0.2) is 12.6 Å². The highest BCUT2D eigenvalue weighted by Gasteiger charge is 2.43. The topological polar surface area (TPSA) is 80.4 Å². The van der Waals surface area contributed by atoms with E-state index in [4.69, 9.17) is 37.9 Å². The molecule has 4 saturated carbocycles. The van der Waals surface area contributed by atoms with Crippen molar-refractivity contribution in [2.75, 3.05) is 39.6 Å². The summed E-state index contributed by atoms with van der Waals surface area (Å²) in [5.41, 5.74) is 0.778. The largest absolute Gasteiger partial charge is 0.375 e. The quantitative estimate of drug-likeness (QED) is 0.0656. The van der Waals surface area contributed by atoms with Gasteiger partial charge in [0.2, 0.25) is 0 Å². The lowest BCUT2D eigenvalue weighted by Gasteiger charge is -2.46. The molecule has 4 unspecified atom stereocenters. The molecule has 2 heterocycles. The number of hydrogen-bond donors (Lipinski definition) is 0. The van der Waals surface area contributed by atoms with Gasteiger partial charge in [-0.05, 0) is 164 Å². The van der Waals surface area contributed by atoms with Gasteiger partial charge in [0.1, 0.15) is 12.2 Å². The number of unbranched alkanes of at least 4 members (excludes halogenated alkanes) is 1. The highest BCUT2D eigenvalue weighted by Crippen LogP contribution is 2.50. The Kier molecular flexibility index (Phi) is 15.7. The van der Waals surface area contributed by atoms with E-state index >= 15 is 0 Å². The van der Waals surface area contributed by atoms with Gasteiger partial charge in [0.25, 0.3) is 0 Å². The first-order chi connectivity index (χ1) is 25.1. The maximum absolute atomic E-state index is 6.37. The minimum Gasteiger partial charge on any atom is -0.375 e.